The summed E-state index contributed by atoms with van der Waals surface area (Å²) in [4.78, 5) is 12.0. The molecule has 0 heterocycles. The summed E-state index contributed by atoms with van der Waals surface area (Å²) < 4.78 is 0. The number of hydrogen-bond donors (Lipinski definition) is 2. The van der Waals surface area contributed by atoms with Gasteiger partial charge in [0.15, 0.2) is 0 Å². The number of carbonyl (C=O) groups is 1. The van der Waals surface area contributed by atoms with E-state index in [1.807, 2.05) is 13.8 Å². The summed E-state index contributed by atoms with van der Waals surface area (Å²) in [5.41, 5.74) is 5.37. The molecule has 0 fully saturated rings. The van der Waals surface area contributed by atoms with Crippen molar-refractivity contribution in [1.82, 2.24) is 5.32 Å². The Morgan fingerprint density at radius 1 is 1.31 bits per heavy atom. The lowest BCUT2D eigenvalue weighted by Crippen LogP contribution is -2.45. The zero-order valence-corrected chi connectivity index (χ0v) is 11.3. The van der Waals surface area contributed by atoms with E-state index in [9.17, 15) is 4.79 Å². The summed E-state index contributed by atoms with van der Waals surface area (Å²) >= 11 is 0. The van der Waals surface area contributed by atoms with Gasteiger partial charge in [0.05, 0.1) is 5.41 Å². The molecule has 3 N–H and O–H groups in total. The van der Waals surface area contributed by atoms with Gasteiger partial charge in [-0.1, -0.05) is 27.7 Å². The number of nitrogens with one attached hydrogen (secondary N) is 1. The molecule has 0 radical (unpaired) electrons. The van der Waals surface area contributed by atoms with Crippen molar-refractivity contribution < 1.29 is 4.79 Å². The van der Waals surface area contributed by atoms with Gasteiger partial charge in [0, 0.05) is 13.1 Å². The first-order valence-electron chi connectivity index (χ1n) is 6.50. The maximum Gasteiger partial charge on any atom is 0.227 e. The third kappa shape index (κ3) is 4.52. The van der Waals surface area contributed by atoms with Crippen LogP contribution in [0.4, 0.5) is 0 Å². The lowest BCUT2D eigenvalue weighted by Gasteiger charge is -2.28. The van der Waals surface area contributed by atoms with Gasteiger partial charge in [-0.05, 0) is 31.6 Å². The van der Waals surface area contributed by atoms with Gasteiger partial charge in [0.25, 0.3) is 0 Å². The lowest BCUT2D eigenvalue weighted by atomic mass is 9.81. The molecule has 16 heavy (non-hydrogen) atoms. The average molecular weight is 228 g/mol. The third-order valence-corrected chi connectivity index (χ3v) is 3.47. The molecule has 0 atom stereocenters. The van der Waals surface area contributed by atoms with Crippen LogP contribution < -0.4 is 11.1 Å². The SMILES string of the molecule is CCC(CC)(CN)C(=O)NCCCC(C)C. The molecule has 3 nitrogen and oxygen atoms in total. The van der Waals surface area contributed by atoms with Crippen molar-refractivity contribution in [3.8, 4) is 0 Å². The highest BCUT2D eigenvalue weighted by atomic mass is 16.2. The Balaban J connectivity index is 4.02. The van der Waals surface area contributed by atoms with Crippen molar-refractivity contribution in [3.05, 3.63) is 0 Å². The van der Waals surface area contributed by atoms with Gasteiger partial charge in [-0.2, -0.15) is 0 Å². The second-order valence-electron chi connectivity index (χ2n) is 4.98. The highest BCUT2D eigenvalue weighted by molar-refractivity contribution is 5.82. The molecule has 0 aromatic rings. The van der Waals surface area contributed by atoms with E-state index in [-0.39, 0.29) is 11.3 Å². The van der Waals surface area contributed by atoms with Gasteiger partial charge >= 0.3 is 0 Å². The Morgan fingerprint density at radius 2 is 1.88 bits per heavy atom. The first-order valence-corrected chi connectivity index (χ1v) is 6.50. The minimum absolute atomic E-state index is 0.128. The van der Waals surface area contributed by atoms with Crippen molar-refractivity contribution in [3.63, 3.8) is 0 Å². The zero-order chi connectivity index (χ0) is 12.6. The van der Waals surface area contributed by atoms with Crippen LogP contribution in [0.25, 0.3) is 0 Å². The molecule has 0 bridgehead atoms. The van der Waals surface area contributed by atoms with Crippen LogP contribution in [0.2, 0.25) is 0 Å². The predicted molar refractivity (Wildman–Crippen MR) is 69.2 cm³/mol. The van der Waals surface area contributed by atoms with Gasteiger partial charge in [-0.3, -0.25) is 4.79 Å². The summed E-state index contributed by atoms with van der Waals surface area (Å²) in [7, 11) is 0. The maximum atomic E-state index is 12.0. The minimum Gasteiger partial charge on any atom is -0.356 e. The van der Waals surface area contributed by atoms with E-state index in [1.165, 1.54) is 0 Å². The Bertz CT molecular complexity index is 190. The van der Waals surface area contributed by atoms with E-state index in [4.69, 9.17) is 5.73 Å². The predicted octanol–water partition coefficient (Wildman–Crippen LogP) is 2.30. The van der Waals surface area contributed by atoms with E-state index >= 15 is 0 Å². The second kappa shape index (κ2) is 7.66. The van der Waals surface area contributed by atoms with Gasteiger partial charge in [-0.15, -0.1) is 0 Å². The molecule has 0 unspecified atom stereocenters. The lowest BCUT2D eigenvalue weighted by molar-refractivity contribution is -0.131. The summed E-state index contributed by atoms with van der Waals surface area (Å²) in [5.74, 6) is 0.831. The number of amides is 1. The Morgan fingerprint density at radius 3 is 2.25 bits per heavy atom. The quantitative estimate of drug-likeness (QED) is 0.626. The first kappa shape index (κ1) is 15.4. The van der Waals surface area contributed by atoms with Crippen LogP contribution in [0, 0.1) is 11.3 Å². The van der Waals surface area contributed by atoms with Gasteiger partial charge in [0.2, 0.25) is 5.91 Å². The van der Waals surface area contributed by atoms with E-state index in [2.05, 4.69) is 19.2 Å². The summed E-state index contributed by atoms with van der Waals surface area (Å²) in [5, 5.41) is 3.01. The van der Waals surface area contributed by atoms with Crippen LogP contribution in [0.1, 0.15) is 53.4 Å². The zero-order valence-electron chi connectivity index (χ0n) is 11.3. The van der Waals surface area contributed by atoms with Crippen molar-refractivity contribution in [2.45, 2.75) is 53.4 Å². The fourth-order valence-electron chi connectivity index (χ4n) is 1.85. The second-order valence-corrected chi connectivity index (χ2v) is 4.98. The van der Waals surface area contributed by atoms with Crippen LogP contribution in [0.15, 0.2) is 0 Å². The van der Waals surface area contributed by atoms with Crippen molar-refractivity contribution in [2.75, 3.05) is 13.1 Å². The van der Waals surface area contributed by atoms with Crippen molar-refractivity contribution in [2.24, 2.45) is 17.1 Å². The third-order valence-electron chi connectivity index (χ3n) is 3.47. The number of nitrogens with two attached hydrogens (primary N) is 1. The van der Waals surface area contributed by atoms with Gasteiger partial charge < -0.3 is 11.1 Å². The van der Waals surface area contributed by atoms with Gasteiger partial charge in [0.1, 0.15) is 0 Å². The molecule has 0 aliphatic heterocycles. The summed E-state index contributed by atoms with van der Waals surface area (Å²) in [6.07, 6.45) is 3.84. The van der Waals surface area contributed by atoms with Crippen LogP contribution in [0.5, 0.6) is 0 Å². The number of carbonyl (C=O) groups excluding carboxylic acids is 1. The maximum absolute atomic E-state index is 12.0. The molecule has 0 spiro atoms. The van der Waals surface area contributed by atoms with E-state index in [0.29, 0.717) is 12.5 Å². The molecular formula is C13H28N2O. The largest absolute Gasteiger partial charge is 0.356 e. The van der Waals surface area contributed by atoms with Crippen LogP contribution in [-0.4, -0.2) is 19.0 Å². The summed E-state index contributed by atoms with van der Waals surface area (Å²) in [6.45, 7) is 9.68. The topological polar surface area (TPSA) is 55.1 Å². The normalized spacial score (nSPS) is 11.9. The Kier molecular flexibility index (Phi) is 7.39. The Labute approximate surface area is 100 Å². The van der Waals surface area contributed by atoms with Crippen LogP contribution >= 0.6 is 0 Å². The van der Waals surface area contributed by atoms with E-state index < -0.39 is 0 Å². The molecule has 3 heteroatoms. The van der Waals surface area contributed by atoms with E-state index in [0.717, 1.165) is 32.2 Å². The fraction of sp³-hybridized carbons (Fsp3) is 0.923. The molecule has 1 amide bonds. The fourth-order valence-corrected chi connectivity index (χ4v) is 1.85. The smallest absolute Gasteiger partial charge is 0.227 e. The van der Waals surface area contributed by atoms with Crippen molar-refractivity contribution in [1.29, 1.82) is 0 Å². The molecule has 0 saturated heterocycles. The van der Waals surface area contributed by atoms with E-state index in [1.54, 1.807) is 0 Å². The highest BCUT2D eigenvalue weighted by Gasteiger charge is 2.32. The number of hydrogen-bond acceptors (Lipinski definition) is 2. The first-order chi connectivity index (χ1) is 7.52. The monoisotopic (exact) mass is 228 g/mol. The van der Waals surface area contributed by atoms with Crippen LogP contribution in [-0.2, 0) is 4.79 Å². The standard InChI is InChI=1S/C13H28N2O/c1-5-13(6-2,10-14)12(16)15-9-7-8-11(3)4/h11H,5-10,14H2,1-4H3,(H,15,16). The minimum atomic E-state index is -0.349. The van der Waals surface area contributed by atoms with Crippen molar-refractivity contribution >= 4 is 5.91 Å². The average Bonchev–Trinajstić information content (AvgIpc) is 2.27. The summed E-state index contributed by atoms with van der Waals surface area (Å²) in [6, 6.07) is 0. The molecule has 0 aliphatic rings. The van der Waals surface area contributed by atoms with Crippen LogP contribution in [0.3, 0.4) is 0 Å². The highest BCUT2D eigenvalue weighted by Crippen LogP contribution is 2.24. The van der Waals surface area contributed by atoms with Gasteiger partial charge in [-0.25, -0.2) is 0 Å². The molecule has 96 valence electrons. The molecule has 0 aliphatic carbocycles. The number of rotatable bonds is 8. The molecule has 0 saturated carbocycles. The Hall–Kier alpha value is -0.570. The molecule has 0 aromatic heterocycles. The molecule has 0 aromatic carbocycles. The molecular weight excluding hydrogens is 200 g/mol. The molecule has 0 rings (SSSR count).